The molecule has 1 heterocycles. The highest BCUT2D eigenvalue weighted by Gasteiger charge is 2.32. The average molecular weight is 339 g/mol. The van der Waals surface area contributed by atoms with Crippen LogP contribution in [-0.2, 0) is 16.4 Å². The number of nitrogens with zero attached hydrogens (tertiary/aromatic N) is 2. The number of fused-ring (bicyclic) bond motifs is 1. The average Bonchev–Trinajstić information content (AvgIpc) is 2.90. The van der Waals surface area contributed by atoms with Crippen LogP contribution < -0.4 is 4.31 Å². The molecule has 3 rings (SSSR count). The maximum absolute atomic E-state index is 12.7. The fourth-order valence-corrected chi connectivity index (χ4v) is 4.25. The summed E-state index contributed by atoms with van der Waals surface area (Å²) in [5.41, 5.74) is 0.998. The number of non-ortho nitro benzene ring substituents is 1. The fourth-order valence-electron chi connectivity index (χ4n) is 2.46. The Morgan fingerprint density at radius 1 is 1.18 bits per heavy atom. The molecule has 0 fully saturated rings. The molecule has 0 radical (unpaired) electrons. The van der Waals surface area contributed by atoms with Crippen molar-refractivity contribution in [1.29, 1.82) is 0 Å². The van der Waals surface area contributed by atoms with Gasteiger partial charge in [-0.1, -0.05) is 23.7 Å². The molecule has 0 bridgehead atoms. The van der Waals surface area contributed by atoms with E-state index >= 15 is 0 Å². The van der Waals surface area contributed by atoms with Crippen molar-refractivity contribution in [3.05, 3.63) is 63.2 Å². The molecular weight excluding hydrogens is 328 g/mol. The smallest absolute Gasteiger partial charge is 0.265 e. The van der Waals surface area contributed by atoms with E-state index in [0.29, 0.717) is 17.1 Å². The Morgan fingerprint density at radius 3 is 2.64 bits per heavy atom. The number of nitro groups is 1. The number of hydrogen-bond donors (Lipinski definition) is 0. The zero-order valence-corrected chi connectivity index (χ0v) is 12.8. The molecule has 0 N–H and O–H groups in total. The van der Waals surface area contributed by atoms with E-state index in [9.17, 15) is 18.5 Å². The predicted molar refractivity (Wildman–Crippen MR) is 82.8 cm³/mol. The summed E-state index contributed by atoms with van der Waals surface area (Å²) in [7, 11) is -3.79. The molecule has 0 saturated heterocycles. The number of rotatable bonds is 3. The van der Waals surface area contributed by atoms with Crippen LogP contribution in [0.1, 0.15) is 5.56 Å². The first-order valence-electron chi connectivity index (χ1n) is 6.45. The Balaban J connectivity index is 2.09. The van der Waals surface area contributed by atoms with Crippen LogP contribution in [0.15, 0.2) is 47.4 Å². The zero-order chi connectivity index (χ0) is 15.9. The summed E-state index contributed by atoms with van der Waals surface area (Å²) in [6.07, 6.45) is 0.521. The molecule has 6 nitrogen and oxygen atoms in total. The molecule has 114 valence electrons. The van der Waals surface area contributed by atoms with Crippen molar-refractivity contribution in [2.45, 2.75) is 11.3 Å². The van der Waals surface area contributed by atoms with Crippen molar-refractivity contribution < 1.29 is 13.3 Å². The first-order chi connectivity index (χ1) is 10.4. The van der Waals surface area contributed by atoms with Gasteiger partial charge in [-0.2, -0.15) is 0 Å². The molecule has 1 aliphatic rings. The van der Waals surface area contributed by atoms with Gasteiger partial charge in [0.05, 0.1) is 15.5 Å². The molecule has 1 aliphatic heterocycles. The van der Waals surface area contributed by atoms with E-state index in [2.05, 4.69) is 0 Å². The van der Waals surface area contributed by atoms with Gasteiger partial charge in [0.15, 0.2) is 0 Å². The second kappa shape index (κ2) is 5.26. The van der Waals surface area contributed by atoms with Gasteiger partial charge in [0.25, 0.3) is 15.7 Å². The lowest BCUT2D eigenvalue weighted by atomic mass is 10.1. The minimum absolute atomic E-state index is 0.0688. The van der Waals surface area contributed by atoms with E-state index < -0.39 is 14.9 Å². The number of benzene rings is 2. The van der Waals surface area contributed by atoms with Gasteiger partial charge in [-0.3, -0.25) is 14.4 Å². The van der Waals surface area contributed by atoms with Crippen LogP contribution in [0, 0.1) is 10.1 Å². The molecular formula is C14H11ClN2O4S. The van der Waals surface area contributed by atoms with Gasteiger partial charge in [0.1, 0.15) is 0 Å². The van der Waals surface area contributed by atoms with E-state index in [1.54, 1.807) is 18.2 Å². The Morgan fingerprint density at radius 2 is 1.95 bits per heavy atom. The fraction of sp³-hybridized carbons (Fsp3) is 0.143. The Kier molecular flexibility index (Phi) is 3.54. The molecule has 0 spiro atoms. The third-order valence-electron chi connectivity index (χ3n) is 3.52. The standard InChI is InChI=1S/C14H11ClN2O4S/c15-11-2-1-3-13(8-11)22(20,21)16-7-6-10-4-5-12(17(18)19)9-14(10)16/h1-5,8-9H,6-7H2. The summed E-state index contributed by atoms with van der Waals surface area (Å²) in [6, 6.07) is 10.2. The summed E-state index contributed by atoms with van der Waals surface area (Å²) < 4.78 is 26.7. The highest BCUT2D eigenvalue weighted by atomic mass is 35.5. The largest absolute Gasteiger partial charge is 0.271 e. The molecule has 0 amide bonds. The quantitative estimate of drug-likeness (QED) is 0.636. The van der Waals surface area contributed by atoms with Crippen LogP contribution in [0.3, 0.4) is 0 Å². The minimum Gasteiger partial charge on any atom is -0.265 e. The van der Waals surface area contributed by atoms with Crippen LogP contribution in [0.25, 0.3) is 0 Å². The van der Waals surface area contributed by atoms with E-state index in [0.717, 1.165) is 5.56 Å². The normalized spacial score (nSPS) is 14.0. The van der Waals surface area contributed by atoms with E-state index in [1.165, 1.54) is 28.6 Å². The molecule has 0 saturated carbocycles. The second-order valence-electron chi connectivity index (χ2n) is 4.85. The first kappa shape index (κ1) is 14.8. The van der Waals surface area contributed by atoms with Crippen LogP contribution in [0.2, 0.25) is 5.02 Å². The molecule has 0 aliphatic carbocycles. The number of sulfonamides is 1. The number of hydrogen-bond acceptors (Lipinski definition) is 4. The van der Waals surface area contributed by atoms with Crippen LogP contribution in [0.4, 0.5) is 11.4 Å². The summed E-state index contributed by atoms with van der Waals surface area (Å²) >= 11 is 5.85. The third kappa shape index (κ3) is 2.42. The molecule has 2 aromatic rings. The lowest BCUT2D eigenvalue weighted by molar-refractivity contribution is -0.384. The van der Waals surface area contributed by atoms with Gasteiger partial charge >= 0.3 is 0 Å². The Hall–Kier alpha value is -2.12. The van der Waals surface area contributed by atoms with E-state index in [4.69, 9.17) is 11.6 Å². The second-order valence-corrected chi connectivity index (χ2v) is 7.15. The van der Waals surface area contributed by atoms with Crippen LogP contribution in [0.5, 0.6) is 0 Å². The molecule has 8 heteroatoms. The molecule has 0 aromatic heterocycles. The lowest BCUT2D eigenvalue weighted by Crippen LogP contribution is -2.29. The highest BCUT2D eigenvalue weighted by Crippen LogP contribution is 2.35. The van der Waals surface area contributed by atoms with E-state index in [1.807, 2.05) is 0 Å². The topological polar surface area (TPSA) is 80.5 Å². The molecule has 0 unspecified atom stereocenters. The zero-order valence-electron chi connectivity index (χ0n) is 11.3. The third-order valence-corrected chi connectivity index (χ3v) is 5.56. The monoisotopic (exact) mass is 338 g/mol. The molecule has 2 aromatic carbocycles. The van der Waals surface area contributed by atoms with Gasteiger partial charge in [-0.05, 0) is 30.2 Å². The summed E-state index contributed by atoms with van der Waals surface area (Å²) in [4.78, 5) is 10.4. The van der Waals surface area contributed by atoms with Gasteiger partial charge < -0.3 is 0 Å². The predicted octanol–water partition coefficient (Wildman–Crippen LogP) is 3.00. The summed E-state index contributed by atoms with van der Waals surface area (Å²) in [5.74, 6) is 0. The Labute approximate surface area is 132 Å². The van der Waals surface area contributed by atoms with Gasteiger partial charge in [-0.25, -0.2) is 8.42 Å². The van der Waals surface area contributed by atoms with Crippen molar-refractivity contribution in [2.24, 2.45) is 0 Å². The maximum atomic E-state index is 12.7. The summed E-state index contributed by atoms with van der Waals surface area (Å²) in [6.45, 7) is 0.255. The summed E-state index contributed by atoms with van der Waals surface area (Å²) in [5, 5.41) is 11.2. The van der Waals surface area contributed by atoms with Crippen molar-refractivity contribution in [3.8, 4) is 0 Å². The number of halogens is 1. The van der Waals surface area contributed by atoms with Gasteiger partial charge in [0.2, 0.25) is 0 Å². The van der Waals surface area contributed by atoms with Crippen molar-refractivity contribution in [3.63, 3.8) is 0 Å². The van der Waals surface area contributed by atoms with Crippen LogP contribution in [-0.4, -0.2) is 19.9 Å². The minimum atomic E-state index is -3.79. The molecule has 0 atom stereocenters. The van der Waals surface area contributed by atoms with Gasteiger partial charge in [-0.15, -0.1) is 0 Å². The van der Waals surface area contributed by atoms with Crippen LogP contribution >= 0.6 is 11.6 Å². The SMILES string of the molecule is O=[N+]([O-])c1ccc2c(c1)N(S(=O)(=O)c1cccc(Cl)c1)CC2. The van der Waals surface area contributed by atoms with E-state index in [-0.39, 0.29) is 17.1 Å². The van der Waals surface area contributed by atoms with Gasteiger partial charge in [0, 0.05) is 23.7 Å². The lowest BCUT2D eigenvalue weighted by Gasteiger charge is -2.19. The van der Waals surface area contributed by atoms with Crippen molar-refractivity contribution in [2.75, 3.05) is 10.8 Å². The first-order valence-corrected chi connectivity index (χ1v) is 8.27. The number of anilines is 1. The molecule has 22 heavy (non-hydrogen) atoms. The van der Waals surface area contributed by atoms with Crippen molar-refractivity contribution >= 4 is 33.0 Å². The Bertz CT molecular complexity index is 867. The maximum Gasteiger partial charge on any atom is 0.271 e. The highest BCUT2D eigenvalue weighted by molar-refractivity contribution is 7.92. The number of nitro benzene ring substituents is 1. The van der Waals surface area contributed by atoms with Crippen molar-refractivity contribution in [1.82, 2.24) is 0 Å².